The van der Waals surface area contributed by atoms with Crippen molar-refractivity contribution in [2.75, 3.05) is 17.2 Å². The molecule has 0 saturated carbocycles. The van der Waals surface area contributed by atoms with E-state index in [0.29, 0.717) is 15.4 Å². The number of imidazole rings is 1. The Bertz CT molecular complexity index is 607. The topological polar surface area (TPSA) is 43.8 Å². The van der Waals surface area contributed by atoms with Gasteiger partial charge in [-0.15, -0.1) is 0 Å². The molecule has 1 aromatic carbocycles. The van der Waals surface area contributed by atoms with Gasteiger partial charge in [0.25, 0.3) is 0 Å². The van der Waals surface area contributed by atoms with Gasteiger partial charge in [0.05, 0.1) is 14.6 Å². The van der Waals surface area contributed by atoms with Crippen LogP contribution in [0.15, 0.2) is 12.1 Å². The van der Waals surface area contributed by atoms with Crippen LogP contribution in [-0.2, 0) is 6.54 Å². The van der Waals surface area contributed by atoms with Crippen LogP contribution in [0.2, 0.25) is 0 Å². The van der Waals surface area contributed by atoms with Gasteiger partial charge < -0.3 is 10.3 Å². The number of nitrogens with two attached hydrogens (primary N) is 1. The van der Waals surface area contributed by atoms with Gasteiger partial charge in [0.1, 0.15) is 5.82 Å². The number of nitrogens with zero attached hydrogens (tertiary/aromatic N) is 2. The quantitative estimate of drug-likeness (QED) is 0.797. The molecule has 1 fully saturated rings. The molecule has 0 atom stereocenters. The third-order valence-corrected chi connectivity index (χ3v) is 5.48. The Labute approximate surface area is 129 Å². The van der Waals surface area contributed by atoms with E-state index in [4.69, 9.17) is 5.73 Å². The number of rotatable bonds is 2. The Morgan fingerprint density at radius 1 is 1.42 bits per heavy atom. The summed E-state index contributed by atoms with van der Waals surface area (Å²) in [5, 5.41) is 0. The molecule has 1 aromatic heterocycles. The number of hydrogen-bond acceptors (Lipinski definition) is 3. The van der Waals surface area contributed by atoms with Crippen molar-refractivity contribution >= 4 is 51.3 Å². The second-order valence-electron chi connectivity index (χ2n) is 4.89. The average molecular weight is 391 g/mol. The summed E-state index contributed by atoms with van der Waals surface area (Å²) in [7, 11) is 0. The normalized spacial score (nSPS) is 17.2. The molecule has 1 aliphatic heterocycles. The predicted octanol–water partition coefficient (Wildman–Crippen LogP) is 3.51. The van der Waals surface area contributed by atoms with Crippen molar-refractivity contribution in [3.63, 3.8) is 0 Å². The van der Waals surface area contributed by atoms with E-state index in [1.165, 1.54) is 24.3 Å². The average Bonchev–Trinajstić information content (AvgIpc) is 2.68. The molecule has 0 amide bonds. The van der Waals surface area contributed by atoms with E-state index in [9.17, 15) is 4.39 Å². The molecule has 0 radical (unpaired) electrons. The summed E-state index contributed by atoms with van der Waals surface area (Å²) in [4.78, 5) is 4.34. The fraction of sp³-hybridized carbons (Fsp3) is 0.462. The summed E-state index contributed by atoms with van der Waals surface area (Å²) < 4.78 is 16.3. The fourth-order valence-corrected chi connectivity index (χ4v) is 4.17. The van der Waals surface area contributed by atoms with E-state index >= 15 is 0 Å². The molecule has 1 saturated heterocycles. The minimum Gasteiger partial charge on any atom is -0.369 e. The van der Waals surface area contributed by atoms with Gasteiger partial charge in [0.2, 0.25) is 5.95 Å². The van der Waals surface area contributed by atoms with Gasteiger partial charge in [-0.3, -0.25) is 0 Å². The van der Waals surface area contributed by atoms with E-state index in [2.05, 4.69) is 4.98 Å². The summed E-state index contributed by atoms with van der Waals surface area (Å²) in [5.74, 6) is 3.35. The summed E-state index contributed by atoms with van der Waals surface area (Å²) in [6, 6.07) is 3.31. The summed E-state index contributed by atoms with van der Waals surface area (Å²) in [6.07, 6.45) is 2.41. The van der Waals surface area contributed by atoms with Gasteiger partial charge in [-0.05, 0) is 58.9 Å². The molecular weight excluding hydrogens is 376 g/mol. The molecular formula is C13H15FIN3S. The van der Waals surface area contributed by atoms with Crippen molar-refractivity contribution < 1.29 is 4.39 Å². The zero-order valence-electron chi connectivity index (χ0n) is 10.4. The zero-order valence-corrected chi connectivity index (χ0v) is 13.4. The zero-order chi connectivity index (χ0) is 13.4. The van der Waals surface area contributed by atoms with Gasteiger partial charge >= 0.3 is 0 Å². The first-order chi connectivity index (χ1) is 9.15. The molecule has 2 N–H and O–H groups in total. The molecule has 1 aliphatic rings. The third kappa shape index (κ3) is 2.69. The van der Waals surface area contributed by atoms with Crippen LogP contribution in [-0.4, -0.2) is 21.1 Å². The molecule has 6 heteroatoms. The smallest absolute Gasteiger partial charge is 0.201 e. The Balaban J connectivity index is 1.97. The van der Waals surface area contributed by atoms with Crippen molar-refractivity contribution in [2.45, 2.75) is 19.4 Å². The maximum atomic E-state index is 13.7. The molecule has 0 bridgehead atoms. The first-order valence-corrected chi connectivity index (χ1v) is 8.57. The van der Waals surface area contributed by atoms with Crippen LogP contribution in [0.4, 0.5) is 10.3 Å². The largest absolute Gasteiger partial charge is 0.369 e. The molecule has 3 nitrogen and oxygen atoms in total. The molecule has 0 unspecified atom stereocenters. The maximum Gasteiger partial charge on any atom is 0.201 e. The number of thioether (sulfide) groups is 1. The van der Waals surface area contributed by atoms with Crippen molar-refractivity contribution in [1.82, 2.24) is 9.55 Å². The highest BCUT2D eigenvalue weighted by atomic mass is 127. The fourth-order valence-electron chi connectivity index (χ4n) is 2.52. The molecule has 102 valence electrons. The lowest BCUT2D eigenvalue weighted by Crippen LogP contribution is -2.17. The monoisotopic (exact) mass is 391 g/mol. The van der Waals surface area contributed by atoms with Crippen molar-refractivity contribution in [3.05, 3.63) is 21.5 Å². The highest BCUT2D eigenvalue weighted by Gasteiger charge is 2.18. The minimum atomic E-state index is -0.201. The Morgan fingerprint density at radius 2 is 2.16 bits per heavy atom. The Kier molecular flexibility index (Phi) is 3.88. The maximum absolute atomic E-state index is 13.7. The van der Waals surface area contributed by atoms with Crippen LogP contribution in [0.1, 0.15) is 12.8 Å². The molecule has 3 rings (SSSR count). The number of fused-ring (bicyclic) bond motifs is 1. The first kappa shape index (κ1) is 13.5. The van der Waals surface area contributed by atoms with Crippen molar-refractivity contribution in [2.24, 2.45) is 5.92 Å². The van der Waals surface area contributed by atoms with Gasteiger partial charge in [-0.1, -0.05) is 0 Å². The van der Waals surface area contributed by atoms with Gasteiger partial charge in [-0.25, -0.2) is 9.37 Å². The lowest BCUT2D eigenvalue weighted by atomic mass is 10.0. The third-order valence-electron chi connectivity index (χ3n) is 3.60. The van der Waals surface area contributed by atoms with Crippen LogP contribution in [0.25, 0.3) is 11.0 Å². The van der Waals surface area contributed by atoms with E-state index in [0.717, 1.165) is 17.6 Å². The van der Waals surface area contributed by atoms with E-state index in [1.807, 2.05) is 38.9 Å². The number of nitrogen functional groups attached to an aromatic ring is 1. The van der Waals surface area contributed by atoms with Crippen LogP contribution in [0.3, 0.4) is 0 Å². The lowest BCUT2D eigenvalue weighted by molar-refractivity contribution is 0.425. The number of anilines is 1. The van der Waals surface area contributed by atoms with Crippen LogP contribution < -0.4 is 5.73 Å². The lowest BCUT2D eigenvalue weighted by Gasteiger charge is -2.22. The predicted molar refractivity (Wildman–Crippen MR) is 86.9 cm³/mol. The van der Waals surface area contributed by atoms with E-state index in [-0.39, 0.29) is 5.82 Å². The summed E-state index contributed by atoms with van der Waals surface area (Å²) in [5.41, 5.74) is 7.59. The molecule has 2 aromatic rings. The van der Waals surface area contributed by atoms with Gasteiger partial charge in [0.15, 0.2) is 0 Å². The molecule has 2 heterocycles. The van der Waals surface area contributed by atoms with Crippen molar-refractivity contribution in [1.29, 1.82) is 0 Å². The number of aromatic nitrogens is 2. The van der Waals surface area contributed by atoms with Crippen LogP contribution in [0.5, 0.6) is 0 Å². The second kappa shape index (κ2) is 5.47. The molecule has 19 heavy (non-hydrogen) atoms. The number of hydrogen-bond donors (Lipinski definition) is 1. The minimum absolute atomic E-state index is 0.201. The van der Waals surface area contributed by atoms with Crippen LogP contribution >= 0.6 is 34.4 Å². The van der Waals surface area contributed by atoms with Crippen molar-refractivity contribution in [3.8, 4) is 0 Å². The summed E-state index contributed by atoms with van der Waals surface area (Å²) >= 11 is 3.99. The Morgan fingerprint density at radius 3 is 2.89 bits per heavy atom. The number of halogens is 2. The second-order valence-corrected chi connectivity index (χ2v) is 7.28. The van der Waals surface area contributed by atoms with E-state index in [1.54, 1.807) is 12.1 Å². The number of benzene rings is 1. The van der Waals surface area contributed by atoms with Gasteiger partial charge in [0, 0.05) is 12.6 Å². The molecule has 0 spiro atoms. The molecule has 0 aliphatic carbocycles. The van der Waals surface area contributed by atoms with E-state index < -0.39 is 0 Å². The SMILES string of the molecule is Nc1nc2cc(I)c(F)cc2n1CC1CCSCC1. The standard InChI is InChI=1S/C13H15FIN3S/c14-9-5-12-11(6-10(9)15)17-13(16)18(12)7-8-1-3-19-4-2-8/h5-6,8H,1-4,7H2,(H2,16,17). The van der Waals surface area contributed by atoms with Gasteiger partial charge in [-0.2, -0.15) is 11.8 Å². The highest BCUT2D eigenvalue weighted by molar-refractivity contribution is 14.1. The summed E-state index contributed by atoms with van der Waals surface area (Å²) in [6.45, 7) is 0.850. The Hall–Kier alpha value is -0.500. The van der Waals surface area contributed by atoms with Crippen LogP contribution in [0, 0.1) is 15.3 Å². The first-order valence-electron chi connectivity index (χ1n) is 6.33. The highest BCUT2D eigenvalue weighted by Crippen LogP contribution is 2.28.